The van der Waals surface area contributed by atoms with Crippen molar-refractivity contribution in [1.29, 1.82) is 0 Å². The van der Waals surface area contributed by atoms with Gasteiger partial charge < -0.3 is 29.7 Å². The van der Waals surface area contributed by atoms with E-state index in [-0.39, 0.29) is 6.10 Å². The van der Waals surface area contributed by atoms with Gasteiger partial charge in [-0.1, -0.05) is 15.9 Å². The standard InChI is InChI=1S/C18H20BrNO3.C4H4O4/c1-21-16-9-12-7-8-20-11-18(15(12)10-17(16)22-2)23-14-5-3-13(19)4-6-14;5-3(6)1-2-4(7)8/h3-6,9-10,18,20H,7-8,11H2,1-2H3;1-2H,(H,5,6)(H,7,8). The Bertz CT molecular complexity index is 912. The average molecular weight is 494 g/mol. The molecule has 1 aliphatic heterocycles. The molecular formula is C22H24BrNO7. The third-order valence-electron chi connectivity index (χ3n) is 4.35. The molecule has 9 heteroatoms. The molecule has 1 unspecified atom stereocenters. The van der Waals surface area contributed by atoms with E-state index >= 15 is 0 Å². The topological polar surface area (TPSA) is 114 Å². The van der Waals surface area contributed by atoms with Gasteiger partial charge in [-0.25, -0.2) is 9.59 Å². The first-order chi connectivity index (χ1) is 14.8. The molecule has 0 fully saturated rings. The Balaban J connectivity index is 0.000000366. The number of carboxylic acid groups (broad SMARTS) is 2. The number of hydrogen-bond donors (Lipinski definition) is 3. The van der Waals surface area contributed by atoms with Gasteiger partial charge in [0.2, 0.25) is 0 Å². The normalized spacial score (nSPS) is 15.1. The SMILES string of the molecule is COc1cc2c(cc1OC)C(Oc1ccc(Br)cc1)CNCC2.O=C(O)C=CC(=O)O. The summed E-state index contributed by atoms with van der Waals surface area (Å²) in [6.45, 7) is 1.68. The first-order valence-corrected chi connectivity index (χ1v) is 10.1. The van der Waals surface area contributed by atoms with Gasteiger partial charge in [-0.2, -0.15) is 0 Å². The summed E-state index contributed by atoms with van der Waals surface area (Å²) in [5.74, 6) is -0.171. The molecule has 1 heterocycles. The number of hydrogen-bond acceptors (Lipinski definition) is 6. The number of rotatable bonds is 6. The third-order valence-corrected chi connectivity index (χ3v) is 4.88. The summed E-state index contributed by atoms with van der Waals surface area (Å²) in [6, 6.07) is 12.0. The fourth-order valence-corrected chi connectivity index (χ4v) is 3.21. The minimum atomic E-state index is -1.26. The maximum atomic E-state index is 9.55. The lowest BCUT2D eigenvalue weighted by molar-refractivity contribution is -0.134. The Kier molecular flexibility index (Phi) is 9.36. The summed E-state index contributed by atoms with van der Waals surface area (Å²) in [4.78, 5) is 19.1. The van der Waals surface area contributed by atoms with Crippen LogP contribution < -0.4 is 19.5 Å². The maximum Gasteiger partial charge on any atom is 0.328 e. The predicted molar refractivity (Wildman–Crippen MR) is 118 cm³/mol. The second-order valence-electron chi connectivity index (χ2n) is 6.43. The number of benzene rings is 2. The molecule has 8 nitrogen and oxygen atoms in total. The fraction of sp³-hybridized carbons (Fsp3) is 0.273. The van der Waals surface area contributed by atoms with Crippen molar-refractivity contribution >= 4 is 27.9 Å². The highest BCUT2D eigenvalue weighted by Gasteiger charge is 2.23. The van der Waals surface area contributed by atoms with Gasteiger partial charge >= 0.3 is 11.9 Å². The lowest BCUT2D eigenvalue weighted by Crippen LogP contribution is -2.23. The minimum Gasteiger partial charge on any atom is -0.493 e. The Morgan fingerprint density at radius 1 is 1.03 bits per heavy atom. The van der Waals surface area contributed by atoms with Gasteiger partial charge in [-0.05, 0) is 54.9 Å². The molecule has 0 saturated carbocycles. The van der Waals surface area contributed by atoms with Crippen LogP contribution in [0.3, 0.4) is 0 Å². The Morgan fingerprint density at radius 2 is 1.61 bits per heavy atom. The molecule has 166 valence electrons. The summed E-state index contributed by atoms with van der Waals surface area (Å²) >= 11 is 3.45. The molecule has 0 aromatic heterocycles. The molecule has 0 radical (unpaired) electrons. The summed E-state index contributed by atoms with van der Waals surface area (Å²) in [5, 5.41) is 19.1. The number of nitrogens with one attached hydrogen (secondary N) is 1. The van der Waals surface area contributed by atoms with E-state index in [9.17, 15) is 9.59 Å². The first kappa shape index (κ1) is 24.2. The van der Waals surface area contributed by atoms with Crippen molar-refractivity contribution in [2.24, 2.45) is 0 Å². The van der Waals surface area contributed by atoms with Crippen LogP contribution in [0, 0.1) is 0 Å². The Labute approximate surface area is 188 Å². The zero-order valence-corrected chi connectivity index (χ0v) is 18.7. The van der Waals surface area contributed by atoms with E-state index in [1.54, 1.807) is 14.2 Å². The van der Waals surface area contributed by atoms with Gasteiger partial charge in [-0.3, -0.25) is 0 Å². The van der Waals surface area contributed by atoms with Gasteiger partial charge in [0.15, 0.2) is 11.5 Å². The van der Waals surface area contributed by atoms with Crippen molar-refractivity contribution in [3.8, 4) is 17.2 Å². The van der Waals surface area contributed by atoms with Crippen LogP contribution in [0.5, 0.6) is 17.2 Å². The van der Waals surface area contributed by atoms with Crippen molar-refractivity contribution in [3.63, 3.8) is 0 Å². The van der Waals surface area contributed by atoms with E-state index in [1.165, 1.54) is 5.56 Å². The second kappa shape index (κ2) is 12.0. The highest BCUT2D eigenvalue weighted by Crippen LogP contribution is 2.36. The molecule has 2 aromatic rings. The largest absolute Gasteiger partial charge is 0.493 e. The van der Waals surface area contributed by atoms with E-state index in [2.05, 4.69) is 27.3 Å². The summed E-state index contributed by atoms with van der Waals surface area (Å²) in [7, 11) is 3.32. The van der Waals surface area contributed by atoms with Crippen molar-refractivity contribution in [2.45, 2.75) is 12.5 Å². The maximum absolute atomic E-state index is 9.55. The molecule has 2 aromatic carbocycles. The highest BCUT2D eigenvalue weighted by molar-refractivity contribution is 9.10. The van der Waals surface area contributed by atoms with Crippen LogP contribution in [0.2, 0.25) is 0 Å². The highest BCUT2D eigenvalue weighted by atomic mass is 79.9. The smallest absolute Gasteiger partial charge is 0.328 e. The van der Waals surface area contributed by atoms with Crippen LogP contribution in [0.4, 0.5) is 0 Å². The number of fused-ring (bicyclic) bond motifs is 1. The zero-order valence-electron chi connectivity index (χ0n) is 17.1. The van der Waals surface area contributed by atoms with Gasteiger partial charge in [-0.15, -0.1) is 0 Å². The van der Waals surface area contributed by atoms with Crippen LogP contribution >= 0.6 is 15.9 Å². The van der Waals surface area contributed by atoms with Crippen LogP contribution in [0.25, 0.3) is 0 Å². The Morgan fingerprint density at radius 3 is 2.16 bits per heavy atom. The first-order valence-electron chi connectivity index (χ1n) is 9.35. The van der Waals surface area contributed by atoms with Gasteiger partial charge in [0.25, 0.3) is 0 Å². The summed E-state index contributed by atoms with van der Waals surface area (Å²) in [6.07, 6.45) is 1.99. The predicted octanol–water partition coefficient (Wildman–Crippen LogP) is 3.44. The van der Waals surface area contributed by atoms with E-state index in [0.29, 0.717) is 12.2 Å². The summed E-state index contributed by atoms with van der Waals surface area (Å²) < 4.78 is 18.1. The number of halogens is 1. The van der Waals surface area contributed by atoms with Gasteiger partial charge in [0.1, 0.15) is 11.9 Å². The monoisotopic (exact) mass is 493 g/mol. The Hall–Kier alpha value is -3.04. The molecule has 0 bridgehead atoms. The van der Waals surface area contributed by atoms with Crippen LogP contribution in [-0.2, 0) is 16.0 Å². The van der Waals surface area contributed by atoms with E-state index in [4.69, 9.17) is 24.4 Å². The van der Waals surface area contributed by atoms with Crippen LogP contribution in [-0.4, -0.2) is 49.5 Å². The molecule has 0 saturated heterocycles. The number of methoxy groups -OCH3 is 2. The number of aliphatic carboxylic acids is 2. The van der Waals surface area contributed by atoms with E-state index < -0.39 is 11.9 Å². The molecule has 1 aliphatic rings. The third kappa shape index (κ3) is 7.62. The lowest BCUT2D eigenvalue weighted by atomic mass is 10.00. The number of carboxylic acids is 2. The molecular weight excluding hydrogens is 470 g/mol. The van der Waals surface area contributed by atoms with Crippen LogP contribution in [0.1, 0.15) is 17.2 Å². The van der Waals surface area contributed by atoms with Crippen LogP contribution in [0.15, 0.2) is 53.0 Å². The van der Waals surface area contributed by atoms with Crippen molar-refractivity contribution in [3.05, 3.63) is 64.1 Å². The quantitative estimate of drug-likeness (QED) is 0.524. The van der Waals surface area contributed by atoms with Crippen molar-refractivity contribution in [2.75, 3.05) is 27.3 Å². The molecule has 0 amide bonds. The minimum absolute atomic E-state index is 0.0616. The van der Waals surface area contributed by atoms with Gasteiger partial charge in [0.05, 0.1) is 14.2 Å². The van der Waals surface area contributed by atoms with E-state index in [0.717, 1.165) is 46.8 Å². The molecule has 3 N–H and O–H groups in total. The van der Waals surface area contributed by atoms with Crippen molar-refractivity contribution < 1.29 is 34.0 Å². The molecule has 31 heavy (non-hydrogen) atoms. The molecule has 1 atom stereocenters. The molecule has 0 spiro atoms. The van der Waals surface area contributed by atoms with Gasteiger partial charge in [0, 0.05) is 28.7 Å². The van der Waals surface area contributed by atoms with Crippen molar-refractivity contribution in [1.82, 2.24) is 5.32 Å². The zero-order chi connectivity index (χ0) is 22.8. The van der Waals surface area contributed by atoms with E-state index in [1.807, 2.05) is 30.3 Å². The number of carbonyl (C=O) groups is 2. The summed E-state index contributed by atoms with van der Waals surface area (Å²) in [5.41, 5.74) is 2.38. The number of ether oxygens (including phenoxy) is 3. The molecule has 0 aliphatic carbocycles. The lowest BCUT2D eigenvalue weighted by Gasteiger charge is -2.21. The molecule has 3 rings (SSSR count). The fourth-order valence-electron chi connectivity index (χ4n) is 2.94. The second-order valence-corrected chi connectivity index (χ2v) is 7.35. The average Bonchev–Trinajstić information content (AvgIpc) is 2.95.